The molecule has 0 saturated heterocycles. The first-order chi connectivity index (χ1) is 5.83. The zero-order valence-electron chi connectivity index (χ0n) is 6.11. The van der Waals surface area contributed by atoms with Crippen LogP contribution < -0.4 is 5.43 Å². The van der Waals surface area contributed by atoms with E-state index in [4.69, 9.17) is 6.57 Å². The third-order valence-electron chi connectivity index (χ3n) is 1.67. The molecule has 0 fully saturated rings. The third-order valence-corrected chi connectivity index (χ3v) is 1.67. The van der Waals surface area contributed by atoms with Crippen LogP contribution in [-0.2, 0) is 0 Å². The van der Waals surface area contributed by atoms with E-state index in [1.165, 1.54) is 6.20 Å². The van der Waals surface area contributed by atoms with E-state index in [0.29, 0.717) is 5.52 Å². The van der Waals surface area contributed by atoms with Crippen LogP contribution in [0.5, 0.6) is 0 Å². The number of nitrogens with zero attached hydrogens (tertiary/aromatic N) is 2. The van der Waals surface area contributed by atoms with Gasteiger partial charge in [-0.15, -0.1) is 0 Å². The van der Waals surface area contributed by atoms with E-state index in [1.54, 1.807) is 22.8 Å². The van der Waals surface area contributed by atoms with Gasteiger partial charge in [-0.3, -0.25) is 4.52 Å². The van der Waals surface area contributed by atoms with Gasteiger partial charge in [-0.1, -0.05) is 0 Å². The molecule has 2 rings (SSSR count). The topological polar surface area (TPSA) is 41.6 Å². The molecule has 2 aromatic heterocycles. The van der Waals surface area contributed by atoms with Crippen molar-refractivity contribution in [1.82, 2.24) is 9.61 Å². The fourth-order valence-electron chi connectivity index (χ4n) is 1.09. The van der Waals surface area contributed by atoms with Gasteiger partial charge in [0.2, 0.25) is 5.43 Å². The minimum Gasteiger partial charge on any atom is -0.312 e. The Bertz CT molecular complexity index is 515. The second-order valence-corrected chi connectivity index (χ2v) is 2.36. The van der Waals surface area contributed by atoms with Crippen LogP contribution >= 0.6 is 0 Å². The number of H-pyrrole nitrogens is 1. The maximum absolute atomic E-state index is 11.4. The van der Waals surface area contributed by atoms with Crippen LogP contribution in [0.15, 0.2) is 29.3 Å². The lowest BCUT2D eigenvalue weighted by Gasteiger charge is -1.93. The summed E-state index contributed by atoms with van der Waals surface area (Å²) in [6, 6.07) is 3.43. The number of aromatic amines is 1. The van der Waals surface area contributed by atoms with Crippen LogP contribution in [-0.4, -0.2) is 9.61 Å². The summed E-state index contributed by atoms with van der Waals surface area (Å²) in [4.78, 5) is 14.5. The second-order valence-electron chi connectivity index (χ2n) is 2.36. The minimum absolute atomic E-state index is 0.126. The van der Waals surface area contributed by atoms with Gasteiger partial charge in [0.25, 0.3) is 5.69 Å². The van der Waals surface area contributed by atoms with Crippen molar-refractivity contribution in [2.75, 3.05) is 0 Å². The van der Waals surface area contributed by atoms with Crippen molar-refractivity contribution in [2.45, 2.75) is 0 Å². The van der Waals surface area contributed by atoms with Gasteiger partial charge < -0.3 is 9.89 Å². The molecule has 0 radical (unpaired) electrons. The number of hydrogen-bond donors (Lipinski definition) is 1. The summed E-state index contributed by atoms with van der Waals surface area (Å²) < 4.78 is 1.58. The van der Waals surface area contributed by atoms with Crippen LogP contribution in [0.1, 0.15) is 0 Å². The Morgan fingerprint density at radius 1 is 1.58 bits per heavy atom. The Labute approximate surface area is 67.9 Å². The molecule has 0 unspecified atom stereocenters. The van der Waals surface area contributed by atoms with E-state index in [9.17, 15) is 4.79 Å². The first kappa shape index (κ1) is 6.68. The highest BCUT2D eigenvalue weighted by Crippen LogP contribution is 2.04. The molecule has 2 heterocycles. The maximum atomic E-state index is 11.4. The van der Waals surface area contributed by atoms with Crippen LogP contribution in [0.3, 0.4) is 0 Å². The van der Waals surface area contributed by atoms with E-state index in [2.05, 4.69) is 9.94 Å². The van der Waals surface area contributed by atoms with Crippen molar-refractivity contribution < 1.29 is 0 Å². The zero-order chi connectivity index (χ0) is 8.55. The molecule has 4 nitrogen and oxygen atoms in total. The lowest BCUT2D eigenvalue weighted by atomic mass is 10.4. The molecule has 0 amide bonds. The molecule has 2 aromatic rings. The maximum Gasteiger partial charge on any atom is 0.252 e. The standard InChI is InChI=1S/C8H5N3O/c1-9-6-5-10-11-4-2-3-7(11)8(6)12/h2-5,10H. The molecule has 4 heteroatoms. The first-order valence-electron chi connectivity index (χ1n) is 3.39. The van der Waals surface area contributed by atoms with Gasteiger partial charge in [0, 0.05) is 12.4 Å². The number of hydrogen-bond acceptors (Lipinski definition) is 1. The Kier molecular flexibility index (Phi) is 1.25. The van der Waals surface area contributed by atoms with E-state index in [0.717, 1.165) is 0 Å². The summed E-state index contributed by atoms with van der Waals surface area (Å²) >= 11 is 0. The molecule has 0 aromatic carbocycles. The quantitative estimate of drug-likeness (QED) is 0.576. The molecule has 0 spiro atoms. The van der Waals surface area contributed by atoms with Gasteiger partial charge in [-0.25, -0.2) is 4.85 Å². The fraction of sp³-hybridized carbons (Fsp3) is 0. The van der Waals surface area contributed by atoms with Crippen molar-refractivity contribution in [2.24, 2.45) is 0 Å². The van der Waals surface area contributed by atoms with Gasteiger partial charge in [0.15, 0.2) is 0 Å². The smallest absolute Gasteiger partial charge is 0.252 e. The predicted molar refractivity (Wildman–Crippen MR) is 44.3 cm³/mol. The van der Waals surface area contributed by atoms with Crippen molar-refractivity contribution in [3.05, 3.63) is 46.2 Å². The average Bonchev–Trinajstić information content (AvgIpc) is 2.53. The summed E-state index contributed by atoms with van der Waals surface area (Å²) in [5.74, 6) is 0. The summed E-state index contributed by atoms with van der Waals surface area (Å²) in [6.07, 6.45) is 3.13. The van der Waals surface area contributed by atoms with Crippen molar-refractivity contribution >= 4 is 11.2 Å². The Morgan fingerprint density at radius 3 is 3.17 bits per heavy atom. The molecule has 0 aliphatic carbocycles. The molecule has 0 aliphatic rings. The van der Waals surface area contributed by atoms with Crippen LogP contribution in [0.4, 0.5) is 5.69 Å². The molecule has 58 valence electrons. The van der Waals surface area contributed by atoms with Crippen molar-refractivity contribution in [3.8, 4) is 0 Å². The monoisotopic (exact) mass is 159 g/mol. The summed E-state index contributed by atoms with van der Waals surface area (Å²) in [7, 11) is 0. The van der Waals surface area contributed by atoms with Crippen molar-refractivity contribution in [3.63, 3.8) is 0 Å². The highest BCUT2D eigenvalue weighted by molar-refractivity contribution is 5.57. The second kappa shape index (κ2) is 2.24. The SMILES string of the molecule is [C-]#[N+]c1c[nH]n2cccc2c1=O. The van der Waals surface area contributed by atoms with Crippen LogP contribution in [0, 0.1) is 6.57 Å². The largest absolute Gasteiger partial charge is 0.312 e. The minimum atomic E-state index is -0.228. The Hall–Kier alpha value is -2.02. The van der Waals surface area contributed by atoms with Crippen LogP contribution in [0.25, 0.3) is 10.4 Å². The molecule has 1 N–H and O–H groups in total. The molecule has 0 aliphatic heterocycles. The van der Waals surface area contributed by atoms with E-state index in [-0.39, 0.29) is 11.1 Å². The van der Waals surface area contributed by atoms with E-state index in [1.807, 2.05) is 0 Å². The molecule has 0 atom stereocenters. The van der Waals surface area contributed by atoms with Gasteiger partial charge in [-0.2, -0.15) is 0 Å². The first-order valence-corrected chi connectivity index (χ1v) is 3.39. The van der Waals surface area contributed by atoms with E-state index >= 15 is 0 Å². The predicted octanol–water partition coefficient (Wildman–Crippen LogP) is 1.18. The van der Waals surface area contributed by atoms with Gasteiger partial charge in [0.05, 0.1) is 12.1 Å². The summed E-state index contributed by atoms with van der Waals surface area (Å²) in [5.41, 5.74) is 0.401. The third kappa shape index (κ3) is 0.736. The molecule has 12 heavy (non-hydrogen) atoms. The molecule has 0 saturated carbocycles. The van der Waals surface area contributed by atoms with Crippen molar-refractivity contribution in [1.29, 1.82) is 0 Å². The van der Waals surface area contributed by atoms with Gasteiger partial charge in [0.1, 0.15) is 0 Å². The van der Waals surface area contributed by atoms with Crippen LogP contribution in [0.2, 0.25) is 0 Å². The normalized spacial score (nSPS) is 9.92. The Morgan fingerprint density at radius 2 is 2.42 bits per heavy atom. The average molecular weight is 159 g/mol. The number of rotatable bonds is 0. The Balaban J connectivity index is 3.00. The lowest BCUT2D eigenvalue weighted by Crippen LogP contribution is -2.04. The summed E-state index contributed by atoms with van der Waals surface area (Å²) in [6.45, 7) is 6.71. The zero-order valence-corrected chi connectivity index (χ0v) is 6.11. The van der Waals surface area contributed by atoms with Gasteiger partial charge >= 0.3 is 0 Å². The lowest BCUT2D eigenvalue weighted by molar-refractivity contribution is 0.939. The fourth-order valence-corrected chi connectivity index (χ4v) is 1.09. The van der Waals surface area contributed by atoms with E-state index < -0.39 is 0 Å². The number of fused-ring (bicyclic) bond motifs is 1. The number of aromatic nitrogens is 2. The highest BCUT2D eigenvalue weighted by atomic mass is 16.1. The summed E-state index contributed by atoms with van der Waals surface area (Å²) in [5, 5.41) is 2.79. The molecule has 0 bridgehead atoms. The molecular formula is C8H5N3O. The molecular weight excluding hydrogens is 154 g/mol. The van der Waals surface area contributed by atoms with Gasteiger partial charge in [-0.05, 0) is 12.1 Å². The number of nitrogens with one attached hydrogen (secondary N) is 1. The highest BCUT2D eigenvalue weighted by Gasteiger charge is 2.02.